The molecule has 1 aromatic rings. The first kappa shape index (κ1) is 13.9. The normalized spacial score (nSPS) is 22.8. The lowest BCUT2D eigenvalue weighted by Crippen LogP contribution is -2.40. The van der Waals surface area contributed by atoms with Crippen molar-refractivity contribution < 1.29 is 4.79 Å². The van der Waals surface area contributed by atoms with E-state index in [2.05, 4.69) is 31.2 Å². The molecule has 4 heteroatoms. The van der Waals surface area contributed by atoms with Crippen LogP contribution in [0.2, 0.25) is 0 Å². The number of urea groups is 1. The maximum Gasteiger partial charge on any atom is 0.317 e. The average molecular weight is 261 g/mol. The van der Waals surface area contributed by atoms with Gasteiger partial charge in [0, 0.05) is 25.7 Å². The predicted octanol–water partition coefficient (Wildman–Crippen LogP) is 1.78. The van der Waals surface area contributed by atoms with Crippen molar-refractivity contribution in [2.75, 3.05) is 27.2 Å². The Morgan fingerprint density at radius 3 is 2.58 bits per heavy atom. The number of likely N-dealkylation sites (tertiary alicyclic amines) is 1. The van der Waals surface area contributed by atoms with Gasteiger partial charge in [-0.3, -0.25) is 0 Å². The Morgan fingerprint density at radius 1 is 1.32 bits per heavy atom. The summed E-state index contributed by atoms with van der Waals surface area (Å²) < 4.78 is 0. The predicted molar refractivity (Wildman–Crippen MR) is 76.9 cm³/mol. The zero-order valence-electron chi connectivity index (χ0n) is 12.0. The maximum atomic E-state index is 12.1. The van der Waals surface area contributed by atoms with Gasteiger partial charge in [-0.1, -0.05) is 37.3 Å². The summed E-state index contributed by atoms with van der Waals surface area (Å²) in [5.41, 5.74) is 1.13. The minimum absolute atomic E-state index is 0.0417. The van der Waals surface area contributed by atoms with E-state index in [4.69, 9.17) is 0 Å². The van der Waals surface area contributed by atoms with Crippen molar-refractivity contribution in [3.05, 3.63) is 35.9 Å². The van der Waals surface area contributed by atoms with E-state index in [9.17, 15) is 4.79 Å². The summed E-state index contributed by atoms with van der Waals surface area (Å²) in [5.74, 6) is 0.525. The fraction of sp³-hybridized carbons (Fsp3) is 0.533. The molecule has 19 heavy (non-hydrogen) atoms. The van der Waals surface area contributed by atoms with Gasteiger partial charge in [-0.2, -0.15) is 0 Å². The number of carbonyl (C=O) groups excluding carboxylic acids is 1. The molecule has 2 atom stereocenters. The van der Waals surface area contributed by atoms with Gasteiger partial charge in [0.2, 0.25) is 0 Å². The zero-order chi connectivity index (χ0) is 13.8. The lowest BCUT2D eigenvalue weighted by atomic mass is 10.1. The molecule has 2 unspecified atom stereocenters. The van der Waals surface area contributed by atoms with Crippen molar-refractivity contribution in [2.24, 2.45) is 5.92 Å². The summed E-state index contributed by atoms with van der Waals surface area (Å²) in [7, 11) is 4.15. The number of hydrogen-bond acceptors (Lipinski definition) is 2. The molecule has 1 N–H and O–H groups in total. The SMILES string of the molecule is CC1CN(C(=O)NCc2ccccc2)CC1N(C)C. The second-order valence-corrected chi connectivity index (χ2v) is 5.56. The molecule has 1 aromatic carbocycles. The number of nitrogens with one attached hydrogen (secondary N) is 1. The third kappa shape index (κ3) is 3.47. The monoisotopic (exact) mass is 261 g/mol. The molecule has 1 aliphatic rings. The van der Waals surface area contributed by atoms with E-state index < -0.39 is 0 Å². The number of benzene rings is 1. The number of carbonyl (C=O) groups is 1. The number of likely N-dealkylation sites (N-methyl/N-ethyl adjacent to an activating group) is 1. The smallest absolute Gasteiger partial charge is 0.317 e. The Bertz CT molecular complexity index is 419. The molecule has 1 fully saturated rings. The topological polar surface area (TPSA) is 35.6 Å². The molecular formula is C15H23N3O. The molecule has 4 nitrogen and oxygen atoms in total. The summed E-state index contributed by atoms with van der Waals surface area (Å²) in [6.07, 6.45) is 0. The van der Waals surface area contributed by atoms with E-state index in [1.165, 1.54) is 0 Å². The molecule has 0 spiro atoms. The van der Waals surface area contributed by atoms with E-state index in [0.29, 0.717) is 18.5 Å². The number of hydrogen-bond donors (Lipinski definition) is 1. The minimum atomic E-state index is 0.0417. The molecule has 0 aromatic heterocycles. The van der Waals surface area contributed by atoms with Crippen LogP contribution in [0.3, 0.4) is 0 Å². The second-order valence-electron chi connectivity index (χ2n) is 5.56. The lowest BCUT2D eigenvalue weighted by molar-refractivity contribution is 0.203. The van der Waals surface area contributed by atoms with Crippen LogP contribution < -0.4 is 5.32 Å². The van der Waals surface area contributed by atoms with Crippen molar-refractivity contribution in [2.45, 2.75) is 19.5 Å². The van der Waals surface area contributed by atoms with Crippen molar-refractivity contribution >= 4 is 6.03 Å². The first-order valence-corrected chi connectivity index (χ1v) is 6.81. The maximum absolute atomic E-state index is 12.1. The molecule has 104 valence electrons. The highest BCUT2D eigenvalue weighted by atomic mass is 16.2. The van der Waals surface area contributed by atoms with Gasteiger partial charge < -0.3 is 15.1 Å². The molecule has 1 aliphatic heterocycles. The van der Waals surface area contributed by atoms with Crippen LogP contribution in [0.1, 0.15) is 12.5 Å². The summed E-state index contributed by atoms with van der Waals surface area (Å²) >= 11 is 0. The van der Waals surface area contributed by atoms with Crippen LogP contribution >= 0.6 is 0 Å². The van der Waals surface area contributed by atoms with Gasteiger partial charge in [-0.05, 0) is 25.6 Å². The Balaban J connectivity index is 1.85. The van der Waals surface area contributed by atoms with E-state index in [0.717, 1.165) is 18.7 Å². The molecule has 0 aliphatic carbocycles. The van der Waals surface area contributed by atoms with Crippen LogP contribution in [0.5, 0.6) is 0 Å². The summed E-state index contributed by atoms with van der Waals surface area (Å²) in [5, 5.41) is 2.99. The fourth-order valence-electron chi connectivity index (χ4n) is 2.67. The molecule has 0 bridgehead atoms. The van der Waals surface area contributed by atoms with Gasteiger partial charge >= 0.3 is 6.03 Å². The second kappa shape index (κ2) is 6.06. The first-order chi connectivity index (χ1) is 9.08. The Hall–Kier alpha value is -1.55. The highest BCUT2D eigenvalue weighted by molar-refractivity contribution is 5.74. The Kier molecular flexibility index (Phi) is 4.43. The van der Waals surface area contributed by atoms with Gasteiger partial charge in [0.05, 0.1) is 0 Å². The van der Waals surface area contributed by atoms with Crippen LogP contribution in [0.25, 0.3) is 0 Å². The molecule has 1 heterocycles. The van der Waals surface area contributed by atoms with Crippen LogP contribution in [0.4, 0.5) is 4.79 Å². The third-order valence-corrected chi connectivity index (χ3v) is 3.81. The van der Waals surface area contributed by atoms with E-state index in [-0.39, 0.29) is 6.03 Å². The molecule has 2 rings (SSSR count). The van der Waals surface area contributed by atoms with E-state index >= 15 is 0 Å². The van der Waals surface area contributed by atoms with Gasteiger partial charge in [-0.25, -0.2) is 4.79 Å². The molecular weight excluding hydrogens is 238 g/mol. The molecule has 0 radical (unpaired) electrons. The van der Waals surface area contributed by atoms with Gasteiger partial charge in [0.1, 0.15) is 0 Å². The highest BCUT2D eigenvalue weighted by Gasteiger charge is 2.33. The standard InChI is InChI=1S/C15H23N3O/c1-12-10-18(11-14(12)17(2)3)15(19)16-9-13-7-5-4-6-8-13/h4-8,12,14H,9-11H2,1-3H3,(H,16,19). The highest BCUT2D eigenvalue weighted by Crippen LogP contribution is 2.19. The van der Waals surface area contributed by atoms with Gasteiger partial charge in [0.25, 0.3) is 0 Å². The van der Waals surface area contributed by atoms with Crippen molar-refractivity contribution in [1.29, 1.82) is 0 Å². The first-order valence-electron chi connectivity index (χ1n) is 6.81. The molecule has 1 saturated heterocycles. The van der Waals surface area contributed by atoms with Gasteiger partial charge in [-0.15, -0.1) is 0 Å². The summed E-state index contributed by atoms with van der Waals surface area (Å²) in [6, 6.07) is 10.5. The van der Waals surface area contributed by atoms with Crippen LogP contribution in [0, 0.1) is 5.92 Å². The molecule has 0 saturated carbocycles. The van der Waals surface area contributed by atoms with Crippen LogP contribution in [-0.2, 0) is 6.54 Å². The summed E-state index contributed by atoms with van der Waals surface area (Å²) in [6.45, 7) is 4.45. The molecule has 2 amide bonds. The Labute approximate surface area is 115 Å². The van der Waals surface area contributed by atoms with Crippen LogP contribution in [0.15, 0.2) is 30.3 Å². The third-order valence-electron chi connectivity index (χ3n) is 3.81. The van der Waals surface area contributed by atoms with Gasteiger partial charge in [0.15, 0.2) is 0 Å². The van der Waals surface area contributed by atoms with Crippen LogP contribution in [-0.4, -0.2) is 49.1 Å². The Morgan fingerprint density at radius 2 is 2.00 bits per heavy atom. The quantitative estimate of drug-likeness (QED) is 0.900. The van der Waals surface area contributed by atoms with E-state index in [1.54, 1.807) is 0 Å². The van der Waals surface area contributed by atoms with E-state index in [1.807, 2.05) is 35.2 Å². The number of amides is 2. The average Bonchev–Trinajstić information content (AvgIpc) is 2.79. The summed E-state index contributed by atoms with van der Waals surface area (Å²) in [4.78, 5) is 16.2. The fourth-order valence-corrected chi connectivity index (χ4v) is 2.67. The van der Waals surface area contributed by atoms with Crippen molar-refractivity contribution in [1.82, 2.24) is 15.1 Å². The zero-order valence-corrected chi connectivity index (χ0v) is 12.0. The van der Waals surface area contributed by atoms with Crippen molar-refractivity contribution in [3.8, 4) is 0 Å². The lowest BCUT2D eigenvalue weighted by Gasteiger charge is -2.22. The number of rotatable bonds is 3. The largest absolute Gasteiger partial charge is 0.334 e. The minimum Gasteiger partial charge on any atom is -0.334 e. The number of nitrogens with zero attached hydrogens (tertiary/aromatic N) is 2. The van der Waals surface area contributed by atoms with Crippen molar-refractivity contribution in [3.63, 3.8) is 0 Å².